The molecule has 0 radical (unpaired) electrons. The van der Waals surface area contributed by atoms with E-state index < -0.39 is 0 Å². The van der Waals surface area contributed by atoms with Crippen LogP contribution >= 0.6 is 11.6 Å². The molecule has 0 aliphatic heterocycles. The molecule has 3 nitrogen and oxygen atoms in total. The zero-order chi connectivity index (χ0) is 13.0. The van der Waals surface area contributed by atoms with Crippen molar-refractivity contribution in [3.63, 3.8) is 0 Å². The van der Waals surface area contributed by atoms with Crippen molar-refractivity contribution in [1.29, 1.82) is 0 Å². The number of nitrogens with two attached hydrogens (primary N) is 1. The number of rotatable bonds is 5. The smallest absolute Gasteiger partial charge is 0.179 e. The summed E-state index contributed by atoms with van der Waals surface area (Å²) in [6.45, 7) is 4.28. The minimum absolute atomic E-state index is 0.0349. The fourth-order valence-corrected chi connectivity index (χ4v) is 2.09. The fraction of sp³-hybridized carbons (Fsp3) is 0.538. The molecule has 0 saturated carbocycles. The molecular weight excluding hydrogens is 238 g/mol. The van der Waals surface area contributed by atoms with Gasteiger partial charge in [0.25, 0.3) is 0 Å². The second-order valence-corrected chi connectivity index (χ2v) is 4.88. The van der Waals surface area contributed by atoms with Crippen LogP contribution in [0, 0.1) is 5.92 Å². The zero-order valence-electron chi connectivity index (χ0n) is 10.8. The molecule has 0 bridgehead atoms. The first-order valence-electron chi connectivity index (χ1n) is 5.66. The molecule has 0 aliphatic rings. The number of methoxy groups -OCH3 is 2. The third-order valence-corrected chi connectivity index (χ3v) is 2.89. The summed E-state index contributed by atoms with van der Waals surface area (Å²) in [7, 11) is 3.16. The molecule has 1 unspecified atom stereocenters. The maximum absolute atomic E-state index is 6.13. The van der Waals surface area contributed by atoms with E-state index in [1.807, 2.05) is 12.1 Å². The topological polar surface area (TPSA) is 44.5 Å². The number of ether oxygens (including phenoxy) is 2. The van der Waals surface area contributed by atoms with E-state index in [2.05, 4.69) is 13.8 Å². The predicted octanol–water partition coefficient (Wildman–Crippen LogP) is 3.40. The number of halogens is 1. The average molecular weight is 258 g/mol. The van der Waals surface area contributed by atoms with Crippen LogP contribution in [0.5, 0.6) is 11.5 Å². The Bertz CT molecular complexity index is 380. The molecule has 1 aromatic carbocycles. The van der Waals surface area contributed by atoms with Crippen molar-refractivity contribution in [2.75, 3.05) is 14.2 Å². The van der Waals surface area contributed by atoms with Crippen LogP contribution in [0.4, 0.5) is 0 Å². The summed E-state index contributed by atoms with van der Waals surface area (Å²) in [4.78, 5) is 0. The average Bonchev–Trinajstić information content (AvgIpc) is 2.26. The van der Waals surface area contributed by atoms with E-state index >= 15 is 0 Å². The van der Waals surface area contributed by atoms with E-state index in [9.17, 15) is 0 Å². The fourth-order valence-electron chi connectivity index (χ4n) is 1.80. The SMILES string of the molecule is COc1cc(C(N)CC(C)C)cc(Cl)c1OC. The summed E-state index contributed by atoms with van der Waals surface area (Å²) in [5.41, 5.74) is 7.10. The lowest BCUT2D eigenvalue weighted by molar-refractivity contribution is 0.354. The highest BCUT2D eigenvalue weighted by molar-refractivity contribution is 6.32. The van der Waals surface area contributed by atoms with Gasteiger partial charge in [0.05, 0.1) is 19.2 Å². The molecule has 0 aromatic heterocycles. The largest absolute Gasteiger partial charge is 0.493 e. The van der Waals surface area contributed by atoms with Gasteiger partial charge in [0.15, 0.2) is 11.5 Å². The van der Waals surface area contributed by atoms with Gasteiger partial charge in [-0.1, -0.05) is 25.4 Å². The van der Waals surface area contributed by atoms with Crippen LogP contribution in [-0.2, 0) is 0 Å². The van der Waals surface area contributed by atoms with Crippen LogP contribution in [0.2, 0.25) is 5.02 Å². The van der Waals surface area contributed by atoms with E-state index in [1.54, 1.807) is 14.2 Å². The van der Waals surface area contributed by atoms with Gasteiger partial charge in [0.2, 0.25) is 0 Å². The van der Waals surface area contributed by atoms with Crippen LogP contribution < -0.4 is 15.2 Å². The van der Waals surface area contributed by atoms with Crippen LogP contribution in [0.25, 0.3) is 0 Å². The molecule has 4 heteroatoms. The van der Waals surface area contributed by atoms with Crippen LogP contribution in [-0.4, -0.2) is 14.2 Å². The molecule has 0 heterocycles. The Morgan fingerprint density at radius 2 is 1.88 bits per heavy atom. The standard InChI is InChI=1S/C13H20ClNO2/c1-8(2)5-11(15)9-6-10(14)13(17-4)12(7-9)16-3/h6-8,11H,5,15H2,1-4H3. The summed E-state index contributed by atoms with van der Waals surface area (Å²) in [6.07, 6.45) is 0.909. The van der Waals surface area contributed by atoms with Crippen molar-refractivity contribution in [2.45, 2.75) is 26.3 Å². The Kier molecular flexibility index (Phi) is 5.09. The molecule has 0 spiro atoms. The highest BCUT2D eigenvalue weighted by Crippen LogP contribution is 2.38. The molecule has 96 valence electrons. The van der Waals surface area contributed by atoms with E-state index in [-0.39, 0.29) is 6.04 Å². The van der Waals surface area contributed by atoms with Crippen molar-refractivity contribution in [2.24, 2.45) is 11.7 Å². The second kappa shape index (κ2) is 6.12. The quantitative estimate of drug-likeness (QED) is 0.879. The Morgan fingerprint density at radius 1 is 1.24 bits per heavy atom. The lowest BCUT2D eigenvalue weighted by Crippen LogP contribution is -2.13. The van der Waals surface area contributed by atoms with Crippen LogP contribution in [0.1, 0.15) is 31.9 Å². The molecule has 0 amide bonds. The summed E-state index contributed by atoms with van der Waals surface area (Å²) in [5.74, 6) is 1.71. The molecule has 0 aliphatic carbocycles. The maximum atomic E-state index is 6.13. The lowest BCUT2D eigenvalue weighted by Gasteiger charge is -2.17. The molecule has 0 saturated heterocycles. The van der Waals surface area contributed by atoms with Gasteiger partial charge in [-0.05, 0) is 30.0 Å². The minimum Gasteiger partial charge on any atom is -0.493 e. The highest BCUT2D eigenvalue weighted by atomic mass is 35.5. The third-order valence-electron chi connectivity index (χ3n) is 2.61. The molecule has 17 heavy (non-hydrogen) atoms. The Balaban J connectivity index is 3.06. The predicted molar refractivity (Wildman–Crippen MR) is 70.9 cm³/mol. The van der Waals surface area contributed by atoms with Gasteiger partial charge in [-0.2, -0.15) is 0 Å². The van der Waals surface area contributed by atoms with Gasteiger partial charge >= 0.3 is 0 Å². The normalized spacial score (nSPS) is 12.6. The van der Waals surface area contributed by atoms with Crippen molar-refractivity contribution in [3.8, 4) is 11.5 Å². The van der Waals surface area contributed by atoms with E-state index in [1.165, 1.54) is 0 Å². The first-order chi connectivity index (χ1) is 7.99. The third kappa shape index (κ3) is 3.51. The second-order valence-electron chi connectivity index (χ2n) is 4.47. The number of hydrogen-bond donors (Lipinski definition) is 1. The Morgan fingerprint density at radius 3 is 2.35 bits per heavy atom. The van der Waals surface area contributed by atoms with Gasteiger partial charge < -0.3 is 15.2 Å². The molecule has 1 aromatic rings. The van der Waals surface area contributed by atoms with E-state index in [4.69, 9.17) is 26.8 Å². The highest BCUT2D eigenvalue weighted by Gasteiger charge is 2.15. The zero-order valence-corrected chi connectivity index (χ0v) is 11.5. The van der Waals surface area contributed by atoms with Gasteiger partial charge in [-0.3, -0.25) is 0 Å². The molecule has 1 rings (SSSR count). The van der Waals surface area contributed by atoms with Gasteiger partial charge in [0, 0.05) is 6.04 Å². The van der Waals surface area contributed by atoms with Gasteiger partial charge in [-0.25, -0.2) is 0 Å². The number of hydrogen-bond acceptors (Lipinski definition) is 3. The minimum atomic E-state index is -0.0349. The van der Waals surface area contributed by atoms with Crippen molar-refractivity contribution in [1.82, 2.24) is 0 Å². The summed E-state index contributed by atoms with van der Waals surface area (Å²) >= 11 is 6.13. The first-order valence-corrected chi connectivity index (χ1v) is 6.04. The van der Waals surface area contributed by atoms with Crippen LogP contribution in [0.15, 0.2) is 12.1 Å². The molecule has 2 N–H and O–H groups in total. The van der Waals surface area contributed by atoms with Gasteiger partial charge in [0.1, 0.15) is 0 Å². The monoisotopic (exact) mass is 257 g/mol. The Labute approximate surface area is 108 Å². The molecular formula is C13H20ClNO2. The summed E-state index contributed by atoms with van der Waals surface area (Å²) in [6, 6.07) is 3.69. The van der Waals surface area contributed by atoms with Crippen molar-refractivity contribution >= 4 is 11.6 Å². The molecule has 0 fully saturated rings. The summed E-state index contributed by atoms with van der Waals surface area (Å²) in [5, 5.41) is 0.529. The van der Waals surface area contributed by atoms with Crippen LogP contribution in [0.3, 0.4) is 0 Å². The maximum Gasteiger partial charge on any atom is 0.179 e. The van der Waals surface area contributed by atoms with E-state index in [0.717, 1.165) is 12.0 Å². The van der Waals surface area contributed by atoms with Gasteiger partial charge in [-0.15, -0.1) is 0 Å². The lowest BCUT2D eigenvalue weighted by atomic mass is 9.97. The van der Waals surface area contributed by atoms with Crippen molar-refractivity contribution in [3.05, 3.63) is 22.7 Å². The Hall–Kier alpha value is -0.930. The first kappa shape index (κ1) is 14.1. The van der Waals surface area contributed by atoms with E-state index in [0.29, 0.717) is 22.4 Å². The summed E-state index contributed by atoms with van der Waals surface area (Å²) < 4.78 is 10.4. The number of benzene rings is 1. The molecule has 1 atom stereocenters. The van der Waals surface area contributed by atoms with Crippen molar-refractivity contribution < 1.29 is 9.47 Å².